The van der Waals surface area contributed by atoms with Crippen molar-refractivity contribution < 1.29 is 4.52 Å². The second-order valence-electron chi connectivity index (χ2n) is 2.48. The van der Waals surface area contributed by atoms with Crippen LogP contribution in [0.5, 0.6) is 0 Å². The number of rotatable bonds is 4. The summed E-state index contributed by atoms with van der Waals surface area (Å²) in [6.07, 6.45) is 3.73. The monoisotopic (exact) mass is 154 g/mol. The highest BCUT2D eigenvalue weighted by molar-refractivity contribution is 5.13. The third-order valence-electron chi connectivity index (χ3n) is 1.71. The minimum absolute atomic E-state index is 0.930. The Kier molecular flexibility index (Phi) is 3.11. The summed E-state index contributed by atoms with van der Waals surface area (Å²) in [7, 11) is 1.93. The van der Waals surface area contributed by atoms with Gasteiger partial charge in [-0.15, -0.1) is 0 Å². The van der Waals surface area contributed by atoms with E-state index in [1.807, 2.05) is 7.05 Å². The second-order valence-corrected chi connectivity index (χ2v) is 2.48. The molecule has 0 spiro atoms. The molecule has 0 aromatic carbocycles. The van der Waals surface area contributed by atoms with Crippen LogP contribution in [-0.4, -0.2) is 18.7 Å². The van der Waals surface area contributed by atoms with E-state index in [2.05, 4.69) is 17.4 Å². The fourth-order valence-corrected chi connectivity index (χ4v) is 1.02. The Labute approximate surface area is 66.8 Å². The number of likely N-dealkylation sites (N-methyl/N-ethyl adjacent to an activating group) is 1. The summed E-state index contributed by atoms with van der Waals surface area (Å²) in [5.74, 6) is 1.02. The molecule has 3 heteroatoms. The van der Waals surface area contributed by atoms with Crippen LogP contribution in [0.3, 0.4) is 0 Å². The van der Waals surface area contributed by atoms with Gasteiger partial charge in [-0.05, 0) is 13.5 Å². The van der Waals surface area contributed by atoms with Crippen molar-refractivity contribution in [3.63, 3.8) is 0 Å². The predicted molar refractivity (Wildman–Crippen MR) is 43.5 cm³/mol. The van der Waals surface area contributed by atoms with Gasteiger partial charge in [-0.25, -0.2) is 0 Å². The Morgan fingerprint density at radius 3 is 3.09 bits per heavy atom. The SMILES string of the molecule is CCc1cnoc1CCNC. The lowest BCUT2D eigenvalue weighted by Gasteiger charge is -1.96. The van der Waals surface area contributed by atoms with Crippen LogP contribution >= 0.6 is 0 Å². The van der Waals surface area contributed by atoms with Crippen LogP contribution in [0.15, 0.2) is 10.7 Å². The normalized spacial score (nSPS) is 10.4. The Hall–Kier alpha value is -0.830. The van der Waals surface area contributed by atoms with Gasteiger partial charge in [-0.1, -0.05) is 12.1 Å². The zero-order chi connectivity index (χ0) is 8.10. The fraction of sp³-hybridized carbons (Fsp3) is 0.625. The highest BCUT2D eigenvalue weighted by Gasteiger charge is 2.03. The first-order chi connectivity index (χ1) is 5.38. The maximum absolute atomic E-state index is 5.07. The van der Waals surface area contributed by atoms with E-state index >= 15 is 0 Å². The first kappa shape index (κ1) is 8.27. The minimum atomic E-state index is 0.930. The molecule has 0 aliphatic rings. The molecule has 1 aromatic rings. The van der Waals surface area contributed by atoms with Gasteiger partial charge in [0.15, 0.2) is 0 Å². The summed E-state index contributed by atoms with van der Waals surface area (Å²) >= 11 is 0. The van der Waals surface area contributed by atoms with Gasteiger partial charge < -0.3 is 9.84 Å². The van der Waals surface area contributed by atoms with Crippen molar-refractivity contribution in [1.82, 2.24) is 10.5 Å². The molecule has 1 N–H and O–H groups in total. The molecular weight excluding hydrogens is 140 g/mol. The molecule has 0 saturated heterocycles. The summed E-state index contributed by atoms with van der Waals surface area (Å²) in [6.45, 7) is 3.05. The van der Waals surface area contributed by atoms with Gasteiger partial charge in [0.25, 0.3) is 0 Å². The predicted octanol–water partition coefficient (Wildman–Crippen LogP) is 0.999. The molecule has 1 heterocycles. The van der Waals surface area contributed by atoms with Gasteiger partial charge >= 0.3 is 0 Å². The second kappa shape index (κ2) is 4.13. The van der Waals surface area contributed by atoms with Crippen molar-refractivity contribution in [3.05, 3.63) is 17.5 Å². The number of hydrogen-bond donors (Lipinski definition) is 1. The molecular formula is C8H14N2O. The standard InChI is InChI=1S/C8H14N2O/c1-3-7-6-10-11-8(7)4-5-9-2/h6,9H,3-5H2,1-2H3. The smallest absolute Gasteiger partial charge is 0.141 e. The summed E-state index contributed by atoms with van der Waals surface area (Å²) < 4.78 is 5.07. The third-order valence-corrected chi connectivity index (χ3v) is 1.71. The quantitative estimate of drug-likeness (QED) is 0.703. The molecule has 0 amide bonds. The van der Waals surface area contributed by atoms with E-state index in [-0.39, 0.29) is 0 Å². The van der Waals surface area contributed by atoms with Crippen molar-refractivity contribution in [1.29, 1.82) is 0 Å². The average molecular weight is 154 g/mol. The van der Waals surface area contributed by atoms with Crippen LogP contribution in [0.25, 0.3) is 0 Å². The third kappa shape index (κ3) is 2.05. The van der Waals surface area contributed by atoms with Crippen LogP contribution in [0.4, 0.5) is 0 Å². The van der Waals surface area contributed by atoms with Crippen molar-refractivity contribution in [3.8, 4) is 0 Å². The van der Waals surface area contributed by atoms with Crippen LogP contribution in [-0.2, 0) is 12.8 Å². The van der Waals surface area contributed by atoms with Gasteiger partial charge in [-0.3, -0.25) is 0 Å². The molecule has 0 unspecified atom stereocenters. The highest BCUT2D eigenvalue weighted by Crippen LogP contribution is 2.08. The molecule has 0 fully saturated rings. The summed E-state index contributed by atoms with van der Waals surface area (Å²) in [4.78, 5) is 0. The largest absolute Gasteiger partial charge is 0.361 e. The molecule has 0 saturated carbocycles. The number of hydrogen-bond acceptors (Lipinski definition) is 3. The van der Waals surface area contributed by atoms with Crippen molar-refractivity contribution in [2.45, 2.75) is 19.8 Å². The van der Waals surface area contributed by atoms with Gasteiger partial charge in [0, 0.05) is 18.5 Å². The molecule has 1 aromatic heterocycles. The van der Waals surface area contributed by atoms with E-state index in [1.54, 1.807) is 6.20 Å². The zero-order valence-corrected chi connectivity index (χ0v) is 7.05. The van der Waals surface area contributed by atoms with Gasteiger partial charge in [0.05, 0.1) is 6.20 Å². The molecule has 0 atom stereocenters. The first-order valence-electron chi connectivity index (χ1n) is 3.95. The van der Waals surface area contributed by atoms with Crippen molar-refractivity contribution in [2.24, 2.45) is 0 Å². The molecule has 0 aliphatic carbocycles. The maximum Gasteiger partial charge on any atom is 0.141 e. The molecule has 3 nitrogen and oxygen atoms in total. The molecule has 11 heavy (non-hydrogen) atoms. The topological polar surface area (TPSA) is 38.1 Å². The van der Waals surface area contributed by atoms with E-state index < -0.39 is 0 Å². The number of nitrogens with one attached hydrogen (secondary N) is 1. The van der Waals surface area contributed by atoms with E-state index in [4.69, 9.17) is 4.52 Å². The number of nitrogens with zero attached hydrogens (tertiary/aromatic N) is 1. The summed E-state index contributed by atoms with van der Waals surface area (Å²) in [5.41, 5.74) is 1.22. The van der Waals surface area contributed by atoms with Gasteiger partial charge in [0.1, 0.15) is 5.76 Å². The van der Waals surface area contributed by atoms with Crippen LogP contribution in [0.1, 0.15) is 18.2 Å². The lowest BCUT2D eigenvalue weighted by atomic mass is 10.2. The molecule has 1 rings (SSSR count). The van der Waals surface area contributed by atoms with Crippen LogP contribution < -0.4 is 5.32 Å². The first-order valence-corrected chi connectivity index (χ1v) is 3.95. The average Bonchev–Trinajstić information content (AvgIpc) is 2.47. The lowest BCUT2D eigenvalue weighted by Crippen LogP contribution is -2.10. The van der Waals surface area contributed by atoms with Crippen LogP contribution in [0, 0.1) is 0 Å². The fourth-order valence-electron chi connectivity index (χ4n) is 1.02. The molecule has 62 valence electrons. The highest BCUT2D eigenvalue weighted by atomic mass is 16.5. The van der Waals surface area contributed by atoms with E-state index in [1.165, 1.54) is 5.56 Å². The van der Waals surface area contributed by atoms with E-state index in [0.29, 0.717) is 0 Å². The summed E-state index contributed by atoms with van der Waals surface area (Å²) in [6, 6.07) is 0. The molecule has 0 radical (unpaired) electrons. The minimum Gasteiger partial charge on any atom is -0.361 e. The Morgan fingerprint density at radius 1 is 1.64 bits per heavy atom. The van der Waals surface area contributed by atoms with E-state index in [9.17, 15) is 0 Å². The van der Waals surface area contributed by atoms with Gasteiger partial charge in [0.2, 0.25) is 0 Å². The molecule has 0 bridgehead atoms. The Balaban J connectivity index is 2.54. The zero-order valence-electron chi connectivity index (χ0n) is 7.05. The Morgan fingerprint density at radius 2 is 2.45 bits per heavy atom. The Bertz CT molecular complexity index is 208. The summed E-state index contributed by atoms with van der Waals surface area (Å²) in [5, 5.41) is 6.81. The van der Waals surface area contributed by atoms with Crippen molar-refractivity contribution >= 4 is 0 Å². The number of aryl methyl sites for hydroxylation is 1. The lowest BCUT2D eigenvalue weighted by molar-refractivity contribution is 0.380. The maximum atomic E-state index is 5.07. The molecule has 0 aliphatic heterocycles. The van der Waals surface area contributed by atoms with Gasteiger partial charge in [-0.2, -0.15) is 0 Å². The number of aromatic nitrogens is 1. The van der Waals surface area contributed by atoms with E-state index in [0.717, 1.165) is 25.1 Å². The van der Waals surface area contributed by atoms with Crippen LogP contribution in [0.2, 0.25) is 0 Å². The van der Waals surface area contributed by atoms with Crippen molar-refractivity contribution in [2.75, 3.05) is 13.6 Å².